The minimum Gasteiger partial charge on any atom is -0.459 e. The number of rotatable bonds is 21. The van der Waals surface area contributed by atoms with Crippen molar-refractivity contribution in [2.45, 2.75) is 194 Å². The zero-order valence-electron chi connectivity index (χ0n) is 47.3. The normalized spacial score (nSPS) is 34.0. The van der Waals surface area contributed by atoms with Gasteiger partial charge in [0.15, 0.2) is 18.9 Å². The maximum Gasteiger partial charge on any atom is 0.407 e. The minimum atomic E-state index is -1.78. The van der Waals surface area contributed by atoms with Crippen LogP contribution in [-0.4, -0.2) is 230 Å². The van der Waals surface area contributed by atoms with Gasteiger partial charge in [0.1, 0.15) is 98.0 Å². The van der Waals surface area contributed by atoms with E-state index in [9.17, 15) is 49.8 Å². The fourth-order valence-electron chi connectivity index (χ4n) is 11.1. The zero-order chi connectivity index (χ0) is 61.1. The van der Waals surface area contributed by atoms with E-state index in [0.29, 0.717) is 0 Å². The number of hydrogen-bond donors (Lipinski definition) is 15. The highest BCUT2D eigenvalue weighted by atomic mass is 16.8. The highest BCUT2D eigenvalue weighted by Gasteiger charge is 2.55. The number of aliphatic hydroxyl groups is 6. The van der Waals surface area contributed by atoms with Crippen LogP contribution < -0.4 is 50.4 Å². The lowest BCUT2D eigenvalue weighted by atomic mass is 9.84. The predicted octanol–water partition coefficient (Wildman–Crippen LogP) is -5.55. The maximum absolute atomic E-state index is 14.4. The fourth-order valence-corrected chi connectivity index (χ4v) is 11.1. The molecule has 21 N–H and O–H groups in total. The Labute approximate surface area is 484 Å². The molecule has 21 atom stereocenters. The molecule has 3 aromatic rings. The van der Waals surface area contributed by atoms with E-state index < -0.39 is 170 Å². The molecule has 0 spiro atoms. The highest BCUT2D eigenvalue weighted by Crippen LogP contribution is 2.44. The third-order valence-corrected chi connectivity index (χ3v) is 15.6. The standard InChI is InChI=1S/C54H82N12O18/c1-22(2)38(49(75)61-18-35(67)84-54(3,4)5)63-48(74)31(62-53(76)77-21-28-26-12-8-6-10-24(26)25-11-7-9-13-27(25)28)14-23-19-66(65-64-23)20-34-46(82-51-37(60)43(72)41(70)33(17-56)79-51)44(73)52(80-34)83-47-39(68)29(57)15-30(58)45(47)81-50-36(59)42(71)40(69)32(16-55)78-50/h6-13,19,22,28-34,36-47,50-52,68-73H,14-18,20-21,55-60H2,1-5H3,(H,61,75)(H,62,76)(H,63,74)/t29-,30+,31?,32-,33+,34-,36-,37-,38?,39+,40-,41-,42-,43-,44-,45-,46-,47-,50-,51-,52+/m1/s1. The van der Waals surface area contributed by atoms with E-state index in [1.165, 1.54) is 10.9 Å². The van der Waals surface area contributed by atoms with Crippen molar-refractivity contribution in [1.29, 1.82) is 0 Å². The van der Waals surface area contributed by atoms with Crippen molar-refractivity contribution in [3.8, 4) is 11.1 Å². The summed E-state index contributed by atoms with van der Waals surface area (Å²) in [5.74, 6) is -3.09. The summed E-state index contributed by atoms with van der Waals surface area (Å²) in [6, 6.07) is 8.11. The molecule has 3 aliphatic heterocycles. The van der Waals surface area contributed by atoms with Crippen molar-refractivity contribution in [2.24, 2.45) is 40.3 Å². The molecule has 0 bridgehead atoms. The number of esters is 1. The van der Waals surface area contributed by atoms with Gasteiger partial charge in [-0.25, -0.2) is 9.48 Å². The fraction of sp³-hybridized carbons (Fsp3) is 0.667. The number of carbonyl (C=O) groups is 4. The number of fused-ring (bicyclic) bond motifs is 3. The number of hydrogen-bond acceptors (Lipinski definition) is 26. The molecule has 466 valence electrons. The molecule has 84 heavy (non-hydrogen) atoms. The van der Waals surface area contributed by atoms with Crippen LogP contribution >= 0.6 is 0 Å². The lowest BCUT2D eigenvalue weighted by Gasteiger charge is -2.47. The van der Waals surface area contributed by atoms with E-state index in [2.05, 4.69) is 26.3 Å². The van der Waals surface area contributed by atoms with Crippen molar-refractivity contribution >= 4 is 23.9 Å². The zero-order valence-corrected chi connectivity index (χ0v) is 47.3. The van der Waals surface area contributed by atoms with Crippen LogP contribution in [0.4, 0.5) is 4.79 Å². The molecule has 2 unspecified atom stereocenters. The second kappa shape index (κ2) is 27.5. The number of ether oxygens (including phenoxy) is 8. The molecule has 3 amide bonds. The number of benzene rings is 2. The molecule has 30 nitrogen and oxygen atoms in total. The van der Waals surface area contributed by atoms with Gasteiger partial charge in [-0.15, -0.1) is 5.10 Å². The Balaban J connectivity index is 1.03. The van der Waals surface area contributed by atoms with Gasteiger partial charge in [-0.3, -0.25) is 14.4 Å². The summed E-state index contributed by atoms with van der Waals surface area (Å²) in [5, 5.41) is 82.8. The van der Waals surface area contributed by atoms with Crippen LogP contribution in [0.15, 0.2) is 54.7 Å². The van der Waals surface area contributed by atoms with E-state index in [-0.39, 0.29) is 50.7 Å². The lowest BCUT2D eigenvalue weighted by molar-refractivity contribution is -0.306. The van der Waals surface area contributed by atoms with Crippen LogP contribution in [0.2, 0.25) is 0 Å². The largest absolute Gasteiger partial charge is 0.459 e. The van der Waals surface area contributed by atoms with Crippen LogP contribution in [0.1, 0.15) is 63.8 Å². The second-order valence-electron chi connectivity index (χ2n) is 23.3. The monoisotopic (exact) mass is 1190 g/mol. The van der Waals surface area contributed by atoms with Crippen molar-refractivity contribution in [3.05, 3.63) is 71.5 Å². The van der Waals surface area contributed by atoms with Crippen LogP contribution in [0, 0.1) is 5.92 Å². The number of amides is 3. The van der Waals surface area contributed by atoms with Gasteiger partial charge in [-0.1, -0.05) is 67.6 Å². The van der Waals surface area contributed by atoms with Gasteiger partial charge in [0.25, 0.3) is 0 Å². The molecule has 3 saturated heterocycles. The molecule has 2 aliphatic carbocycles. The molecule has 4 heterocycles. The summed E-state index contributed by atoms with van der Waals surface area (Å²) >= 11 is 0. The number of carbonyl (C=O) groups excluding carboxylic acids is 4. The van der Waals surface area contributed by atoms with Crippen LogP contribution in [-0.2, 0) is 65.2 Å². The van der Waals surface area contributed by atoms with E-state index in [4.69, 9.17) is 72.3 Å². The van der Waals surface area contributed by atoms with Gasteiger partial charge in [0.2, 0.25) is 11.8 Å². The predicted molar refractivity (Wildman–Crippen MR) is 293 cm³/mol. The molecule has 1 aromatic heterocycles. The third kappa shape index (κ3) is 14.7. The maximum atomic E-state index is 14.4. The molecule has 4 fully saturated rings. The van der Waals surface area contributed by atoms with Crippen LogP contribution in [0.5, 0.6) is 0 Å². The number of nitrogens with zero attached hydrogens (tertiary/aromatic N) is 3. The van der Waals surface area contributed by atoms with Gasteiger partial charge in [-0.2, -0.15) is 0 Å². The average Bonchev–Trinajstić information content (AvgIpc) is 2.99. The molecule has 8 rings (SSSR count). The topological polar surface area (TPSA) is 486 Å². The Kier molecular flexibility index (Phi) is 21.1. The van der Waals surface area contributed by atoms with E-state index in [0.717, 1.165) is 22.3 Å². The third-order valence-electron chi connectivity index (χ3n) is 15.6. The first-order valence-electron chi connectivity index (χ1n) is 28.0. The molecule has 30 heteroatoms. The molecule has 2 aromatic carbocycles. The van der Waals surface area contributed by atoms with Crippen molar-refractivity contribution in [1.82, 2.24) is 30.9 Å². The molecule has 0 radical (unpaired) electrons. The first kappa shape index (κ1) is 64.5. The number of nitrogens with two attached hydrogens (primary N) is 6. The van der Waals surface area contributed by atoms with Crippen molar-refractivity contribution in [2.75, 3.05) is 26.2 Å². The quantitative estimate of drug-likeness (QED) is 0.0442. The average molecular weight is 1190 g/mol. The van der Waals surface area contributed by atoms with Gasteiger partial charge >= 0.3 is 12.1 Å². The Morgan fingerprint density at radius 3 is 1.80 bits per heavy atom. The van der Waals surface area contributed by atoms with Gasteiger partial charge in [0, 0.05) is 43.7 Å². The minimum absolute atomic E-state index is 0.00314. The van der Waals surface area contributed by atoms with Crippen LogP contribution in [0.25, 0.3) is 11.1 Å². The van der Waals surface area contributed by atoms with Crippen molar-refractivity contribution < 1.29 is 87.7 Å². The summed E-state index contributed by atoms with van der Waals surface area (Å²) in [6.07, 6.45) is -21.8. The summed E-state index contributed by atoms with van der Waals surface area (Å²) in [4.78, 5) is 54.4. The highest BCUT2D eigenvalue weighted by molar-refractivity contribution is 5.92. The number of aromatic nitrogens is 3. The van der Waals surface area contributed by atoms with E-state index in [1.54, 1.807) is 34.6 Å². The van der Waals surface area contributed by atoms with Gasteiger partial charge in [-0.05, 0) is 55.4 Å². The molecule has 1 saturated carbocycles. The van der Waals surface area contributed by atoms with E-state index >= 15 is 0 Å². The second-order valence-corrected chi connectivity index (χ2v) is 23.3. The molecule has 5 aliphatic rings. The number of nitrogens with one attached hydrogen (secondary N) is 3. The summed E-state index contributed by atoms with van der Waals surface area (Å²) < 4.78 is 49.2. The molecular formula is C54H82N12O18. The van der Waals surface area contributed by atoms with Crippen molar-refractivity contribution in [3.63, 3.8) is 0 Å². The van der Waals surface area contributed by atoms with Gasteiger partial charge in [0.05, 0.1) is 30.4 Å². The smallest absolute Gasteiger partial charge is 0.407 e. The Hall–Kier alpha value is -5.46. The van der Waals surface area contributed by atoms with E-state index in [1.807, 2.05) is 48.5 Å². The SMILES string of the molecule is CC(C)C(NC(=O)C(Cc1cn(C[C@H]2O[C@@H](O[C@@H]3[C@@H](O)[C@H](N)C[C@H](N)[C@H]3O[C@H]3O[C@H](CN)[C@@H](O)[C@H](O)[C@H]3N)[C@H](O)[C@@H]2O[C@H]2O[C@@H](CN)[C@@H](O)[C@H](O)[C@H]2N)nn1)NC(=O)OCC1c2ccccc2-c2ccccc21)C(=O)NCC(=O)OC(C)(C)C. The Bertz CT molecular complexity index is 2680. The summed E-state index contributed by atoms with van der Waals surface area (Å²) in [5.41, 5.74) is 40.3. The summed E-state index contributed by atoms with van der Waals surface area (Å²) in [7, 11) is 0. The number of alkyl carbamates (subject to hydrolysis) is 1. The molecular weight excluding hydrogens is 1100 g/mol. The van der Waals surface area contributed by atoms with Crippen LogP contribution in [0.3, 0.4) is 0 Å². The number of aliphatic hydroxyl groups excluding tert-OH is 6. The first-order chi connectivity index (χ1) is 39.8. The Morgan fingerprint density at radius 2 is 1.24 bits per heavy atom. The Morgan fingerprint density at radius 1 is 0.690 bits per heavy atom. The summed E-state index contributed by atoms with van der Waals surface area (Å²) in [6.45, 7) is 6.98. The van der Waals surface area contributed by atoms with Gasteiger partial charge < -0.3 is 119 Å². The first-order valence-corrected chi connectivity index (χ1v) is 28.0. The lowest BCUT2D eigenvalue weighted by Crippen LogP contribution is -2.68.